The summed E-state index contributed by atoms with van der Waals surface area (Å²) in [5.74, 6) is 1.72. The number of nitrogens with zero attached hydrogens (tertiary/aromatic N) is 4. The van der Waals surface area contributed by atoms with Gasteiger partial charge in [-0.2, -0.15) is 20.5 Å². The fourth-order valence-corrected chi connectivity index (χ4v) is 5.36. The molecule has 4 aromatic carbocycles. The molecule has 0 saturated heterocycles. The van der Waals surface area contributed by atoms with Crippen LogP contribution in [0.25, 0.3) is 0 Å². The van der Waals surface area contributed by atoms with Gasteiger partial charge in [-0.25, -0.2) is 0 Å². The molecule has 4 rings (SSSR count). The molecule has 0 atom stereocenters. The highest BCUT2D eigenvalue weighted by molar-refractivity contribution is 5.44. The second kappa shape index (κ2) is 22.3. The van der Waals surface area contributed by atoms with Gasteiger partial charge in [-0.05, 0) is 135 Å². The lowest BCUT2D eigenvalue weighted by molar-refractivity contribution is 0.287. The van der Waals surface area contributed by atoms with Crippen LogP contribution in [0.5, 0.6) is 11.5 Å². The van der Waals surface area contributed by atoms with E-state index in [4.69, 9.17) is 9.47 Å². The Kier molecular flexibility index (Phi) is 17.0. The third kappa shape index (κ3) is 14.6. The number of unbranched alkanes of at least 4 members (excludes halogenated alkanes) is 9. The van der Waals surface area contributed by atoms with Crippen LogP contribution in [0, 0.1) is 0 Å². The van der Waals surface area contributed by atoms with E-state index in [-0.39, 0.29) is 0 Å². The molecule has 6 heteroatoms. The molecule has 0 aliphatic heterocycles. The molecule has 0 saturated carbocycles. The first-order valence-electron chi connectivity index (χ1n) is 18.2. The zero-order valence-corrected chi connectivity index (χ0v) is 29.2. The highest BCUT2D eigenvalue weighted by Crippen LogP contribution is 2.24. The molecule has 0 fully saturated rings. The Labute approximate surface area is 288 Å². The van der Waals surface area contributed by atoms with Crippen molar-refractivity contribution in [2.24, 2.45) is 20.5 Å². The third-order valence-corrected chi connectivity index (χ3v) is 8.32. The van der Waals surface area contributed by atoms with Crippen molar-refractivity contribution in [2.45, 2.75) is 104 Å². The molecule has 0 aliphatic carbocycles. The van der Waals surface area contributed by atoms with Crippen LogP contribution < -0.4 is 9.47 Å². The zero-order chi connectivity index (χ0) is 33.5. The molecule has 0 aromatic heterocycles. The molecule has 0 bridgehead atoms. The van der Waals surface area contributed by atoms with E-state index >= 15 is 0 Å². The van der Waals surface area contributed by atoms with Crippen LogP contribution >= 0.6 is 0 Å². The first-order chi connectivity index (χ1) is 23.7. The standard InChI is InChI=1S/C42H54N4O2/c1-3-5-7-11-15-35-17-21-37(22-18-35)43-45-39-25-29-41(30-26-39)47-33-13-9-10-14-34-48-42-31-27-40(28-32-42)46-44-38-23-19-36(20-24-38)16-12-8-6-4-2/h17-32H,3-16,33-34H2,1-2H3. The molecule has 48 heavy (non-hydrogen) atoms. The number of aryl methyl sites for hydroxylation is 2. The lowest BCUT2D eigenvalue weighted by atomic mass is 10.1. The molecule has 0 spiro atoms. The van der Waals surface area contributed by atoms with Gasteiger partial charge in [0.05, 0.1) is 36.0 Å². The summed E-state index contributed by atoms with van der Waals surface area (Å²) in [7, 11) is 0. The average Bonchev–Trinajstić information content (AvgIpc) is 3.13. The first-order valence-corrected chi connectivity index (χ1v) is 18.2. The number of rotatable bonds is 23. The van der Waals surface area contributed by atoms with E-state index in [0.717, 1.165) is 72.8 Å². The summed E-state index contributed by atoms with van der Waals surface area (Å²) in [6.45, 7) is 5.89. The predicted octanol–water partition coefficient (Wildman–Crippen LogP) is 13.8. The summed E-state index contributed by atoms with van der Waals surface area (Å²) < 4.78 is 11.9. The minimum absolute atomic E-state index is 0.700. The summed E-state index contributed by atoms with van der Waals surface area (Å²) in [6.07, 6.45) is 16.8. The highest BCUT2D eigenvalue weighted by Gasteiger charge is 2.00. The van der Waals surface area contributed by atoms with Gasteiger partial charge in [0, 0.05) is 0 Å². The third-order valence-electron chi connectivity index (χ3n) is 8.32. The number of hydrogen-bond donors (Lipinski definition) is 0. The molecule has 0 amide bonds. The van der Waals surface area contributed by atoms with E-state index in [2.05, 4.69) is 58.6 Å². The Morgan fingerprint density at radius 3 is 1.00 bits per heavy atom. The molecular formula is C42H54N4O2. The van der Waals surface area contributed by atoms with E-state index in [1.165, 1.54) is 62.5 Å². The Bertz CT molecular complexity index is 1350. The monoisotopic (exact) mass is 646 g/mol. The summed E-state index contributed by atoms with van der Waals surface area (Å²) >= 11 is 0. The maximum Gasteiger partial charge on any atom is 0.119 e. The van der Waals surface area contributed by atoms with Crippen LogP contribution in [0.15, 0.2) is 118 Å². The second-order valence-electron chi connectivity index (χ2n) is 12.5. The van der Waals surface area contributed by atoms with Gasteiger partial charge in [0.2, 0.25) is 0 Å². The molecule has 0 radical (unpaired) electrons. The van der Waals surface area contributed by atoms with Crippen LogP contribution in [0.1, 0.15) is 102 Å². The second-order valence-corrected chi connectivity index (χ2v) is 12.5. The Morgan fingerprint density at radius 2 is 0.667 bits per heavy atom. The molecule has 0 unspecified atom stereocenters. The molecule has 0 N–H and O–H groups in total. The maximum atomic E-state index is 5.93. The highest BCUT2D eigenvalue weighted by atomic mass is 16.5. The topological polar surface area (TPSA) is 67.9 Å². The largest absolute Gasteiger partial charge is 0.494 e. The van der Waals surface area contributed by atoms with Gasteiger partial charge >= 0.3 is 0 Å². The maximum absolute atomic E-state index is 5.93. The Morgan fingerprint density at radius 1 is 0.354 bits per heavy atom. The average molecular weight is 647 g/mol. The minimum atomic E-state index is 0.700. The van der Waals surface area contributed by atoms with E-state index in [9.17, 15) is 0 Å². The number of ether oxygens (including phenoxy) is 2. The molecule has 0 aliphatic rings. The fourth-order valence-electron chi connectivity index (χ4n) is 5.36. The van der Waals surface area contributed by atoms with Crippen LogP contribution in [0.3, 0.4) is 0 Å². The van der Waals surface area contributed by atoms with Crippen molar-refractivity contribution in [1.82, 2.24) is 0 Å². The van der Waals surface area contributed by atoms with E-state index in [0.29, 0.717) is 13.2 Å². The first kappa shape index (κ1) is 36.5. The number of azo groups is 2. The van der Waals surface area contributed by atoms with Crippen LogP contribution in [-0.2, 0) is 12.8 Å². The lowest BCUT2D eigenvalue weighted by Gasteiger charge is -2.07. The quantitative estimate of drug-likeness (QED) is 0.0594. The van der Waals surface area contributed by atoms with Crippen molar-refractivity contribution in [3.8, 4) is 11.5 Å². The molecule has 254 valence electrons. The van der Waals surface area contributed by atoms with Gasteiger partial charge in [0.25, 0.3) is 0 Å². The molecular weight excluding hydrogens is 592 g/mol. The molecule has 0 heterocycles. The lowest BCUT2D eigenvalue weighted by Crippen LogP contribution is -1.99. The van der Waals surface area contributed by atoms with E-state index < -0.39 is 0 Å². The minimum Gasteiger partial charge on any atom is -0.494 e. The molecule has 4 aromatic rings. The number of hydrogen-bond acceptors (Lipinski definition) is 6. The van der Waals surface area contributed by atoms with Gasteiger partial charge in [0.1, 0.15) is 11.5 Å². The van der Waals surface area contributed by atoms with Crippen molar-refractivity contribution in [2.75, 3.05) is 13.2 Å². The summed E-state index contributed by atoms with van der Waals surface area (Å²) in [6, 6.07) is 32.5. The van der Waals surface area contributed by atoms with Crippen molar-refractivity contribution in [3.05, 3.63) is 108 Å². The van der Waals surface area contributed by atoms with Gasteiger partial charge in [-0.15, -0.1) is 0 Å². The van der Waals surface area contributed by atoms with E-state index in [1.54, 1.807) is 0 Å². The van der Waals surface area contributed by atoms with Gasteiger partial charge in [0.15, 0.2) is 0 Å². The number of benzene rings is 4. The summed E-state index contributed by atoms with van der Waals surface area (Å²) in [4.78, 5) is 0. The fraction of sp³-hybridized carbons (Fsp3) is 0.429. The van der Waals surface area contributed by atoms with Gasteiger partial charge in [-0.3, -0.25) is 0 Å². The Balaban J connectivity index is 1.03. The van der Waals surface area contributed by atoms with Crippen LogP contribution in [0.4, 0.5) is 22.7 Å². The zero-order valence-electron chi connectivity index (χ0n) is 29.2. The summed E-state index contributed by atoms with van der Waals surface area (Å²) in [5, 5.41) is 17.5. The normalized spacial score (nSPS) is 11.5. The van der Waals surface area contributed by atoms with Crippen molar-refractivity contribution in [3.63, 3.8) is 0 Å². The smallest absolute Gasteiger partial charge is 0.119 e. The van der Waals surface area contributed by atoms with Crippen molar-refractivity contribution < 1.29 is 9.47 Å². The summed E-state index contributed by atoms with van der Waals surface area (Å²) in [5.41, 5.74) is 6.12. The SMILES string of the molecule is CCCCCCc1ccc(N=Nc2ccc(OCCCCCCOc3ccc(N=Nc4ccc(CCCCCC)cc4)cc3)cc2)cc1. The van der Waals surface area contributed by atoms with Gasteiger partial charge < -0.3 is 9.47 Å². The predicted molar refractivity (Wildman–Crippen MR) is 199 cm³/mol. The Hall–Kier alpha value is -4.32. The van der Waals surface area contributed by atoms with Crippen LogP contribution in [0.2, 0.25) is 0 Å². The van der Waals surface area contributed by atoms with E-state index in [1.807, 2.05) is 72.8 Å². The van der Waals surface area contributed by atoms with Crippen LogP contribution in [-0.4, -0.2) is 13.2 Å². The van der Waals surface area contributed by atoms with Gasteiger partial charge in [-0.1, -0.05) is 76.6 Å². The molecule has 6 nitrogen and oxygen atoms in total. The van der Waals surface area contributed by atoms with Crippen molar-refractivity contribution >= 4 is 22.7 Å². The van der Waals surface area contributed by atoms with Crippen molar-refractivity contribution in [1.29, 1.82) is 0 Å².